The lowest BCUT2D eigenvalue weighted by molar-refractivity contribution is 0.577. The van der Waals surface area contributed by atoms with Gasteiger partial charge in [0.1, 0.15) is 10.7 Å². The molecule has 1 aromatic heterocycles. The van der Waals surface area contributed by atoms with Gasteiger partial charge in [0, 0.05) is 18.8 Å². The normalized spacial score (nSPS) is 15.4. The Kier molecular flexibility index (Phi) is 5.02. The molecule has 1 saturated carbocycles. The van der Waals surface area contributed by atoms with Gasteiger partial charge in [0.05, 0.1) is 11.6 Å². The first-order chi connectivity index (χ1) is 12.0. The molecule has 0 aliphatic heterocycles. The molecule has 1 aromatic carbocycles. The van der Waals surface area contributed by atoms with E-state index in [1.165, 1.54) is 6.20 Å². The molecular weight excluding hydrogens is 336 g/mol. The van der Waals surface area contributed by atoms with Crippen LogP contribution in [0.3, 0.4) is 0 Å². The molecule has 130 valence electrons. The first kappa shape index (κ1) is 17.4. The van der Waals surface area contributed by atoms with Gasteiger partial charge in [0.25, 0.3) is 0 Å². The van der Waals surface area contributed by atoms with Crippen molar-refractivity contribution in [2.75, 3.05) is 11.9 Å². The molecule has 0 amide bonds. The maximum Gasteiger partial charge on any atom is 0.242 e. The van der Waals surface area contributed by atoms with Crippen molar-refractivity contribution in [2.45, 2.75) is 30.7 Å². The number of sulfonamides is 1. The van der Waals surface area contributed by atoms with E-state index in [4.69, 9.17) is 5.26 Å². The monoisotopic (exact) mass is 356 g/mol. The number of hydrogen-bond acceptors (Lipinski definition) is 5. The summed E-state index contributed by atoms with van der Waals surface area (Å²) in [5.41, 5.74) is 1.56. The summed E-state index contributed by atoms with van der Waals surface area (Å²) in [4.78, 5) is 4.37. The van der Waals surface area contributed by atoms with E-state index in [0.29, 0.717) is 23.8 Å². The highest BCUT2D eigenvalue weighted by atomic mass is 32.2. The van der Waals surface area contributed by atoms with E-state index in [1.807, 2.05) is 25.1 Å². The summed E-state index contributed by atoms with van der Waals surface area (Å²) in [7, 11) is -3.50. The molecule has 25 heavy (non-hydrogen) atoms. The van der Waals surface area contributed by atoms with E-state index in [-0.39, 0.29) is 10.9 Å². The van der Waals surface area contributed by atoms with Crippen molar-refractivity contribution in [3.05, 3.63) is 53.7 Å². The summed E-state index contributed by atoms with van der Waals surface area (Å²) in [5.74, 6) is 1.06. The molecule has 3 rings (SSSR count). The SMILES string of the molecule is CC(Nc1ccc(S(=O)(=O)NCC2CC2)cn1)c1cccc(C#N)c1. The molecule has 1 aliphatic carbocycles. The fourth-order valence-corrected chi connectivity index (χ4v) is 3.50. The summed E-state index contributed by atoms with van der Waals surface area (Å²) in [6.45, 7) is 2.45. The van der Waals surface area contributed by atoms with Crippen LogP contribution in [0.2, 0.25) is 0 Å². The highest BCUT2D eigenvalue weighted by Gasteiger charge is 2.24. The number of aromatic nitrogens is 1. The molecule has 0 radical (unpaired) electrons. The molecule has 1 heterocycles. The Morgan fingerprint density at radius 2 is 2.12 bits per heavy atom. The second-order valence-corrected chi connectivity index (χ2v) is 8.04. The van der Waals surface area contributed by atoms with Crippen LogP contribution in [-0.2, 0) is 10.0 Å². The zero-order valence-electron chi connectivity index (χ0n) is 13.9. The van der Waals surface area contributed by atoms with Crippen molar-refractivity contribution in [2.24, 2.45) is 5.92 Å². The minimum absolute atomic E-state index is 0.0590. The molecule has 0 spiro atoms. The fourth-order valence-electron chi connectivity index (χ4n) is 2.44. The van der Waals surface area contributed by atoms with Gasteiger partial charge in [-0.2, -0.15) is 5.26 Å². The summed E-state index contributed by atoms with van der Waals surface area (Å²) in [6.07, 6.45) is 3.54. The Labute approximate surface area is 148 Å². The van der Waals surface area contributed by atoms with E-state index in [1.54, 1.807) is 18.2 Å². The second kappa shape index (κ2) is 7.21. The molecule has 1 atom stereocenters. The fraction of sp³-hybridized carbons (Fsp3) is 0.333. The van der Waals surface area contributed by atoms with Gasteiger partial charge in [-0.3, -0.25) is 0 Å². The van der Waals surface area contributed by atoms with Crippen molar-refractivity contribution in [1.82, 2.24) is 9.71 Å². The van der Waals surface area contributed by atoms with Gasteiger partial charge in [-0.1, -0.05) is 12.1 Å². The van der Waals surface area contributed by atoms with Gasteiger partial charge in [0.15, 0.2) is 0 Å². The minimum Gasteiger partial charge on any atom is -0.364 e. The highest BCUT2D eigenvalue weighted by molar-refractivity contribution is 7.89. The van der Waals surface area contributed by atoms with Crippen molar-refractivity contribution in [3.63, 3.8) is 0 Å². The molecule has 1 aliphatic rings. The molecule has 2 aromatic rings. The maximum absolute atomic E-state index is 12.2. The number of nitrogens with one attached hydrogen (secondary N) is 2. The number of nitrogens with zero attached hydrogens (tertiary/aromatic N) is 2. The zero-order valence-corrected chi connectivity index (χ0v) is 14.8. The van der Waals surface area contributed by atoms with Gasteiger partial charge in [-0.15, -0.1) is 0 Å². The average molecular weight is 356 g/mol. The van der Waals surface area contributed by atoms with Crippen LogP contribution < -0.4 is 10.0 Å². The van der Waals surface area contributed by atoms with Gasteiger partial charge >= 0.3 is 0 Å². The Bertz CT molecular complexity index is 884. The van der Waals surface area contributed by atoms with E-state index in [2.05, 4.69) is 21.1 Å². The molecule has 6 nitrogen and oxygen atoms in total. The highest BCUT2D eigenvalue weighted by Crippen LogP contribution is 2.28. The van der Waals surface area contributed by atoms with Crippen LogP contribution >= 0.6 is 0 Å². The van der Waals surface area contributed by atoms with Gasteiger partial charge in [-0.05, 0) is 55.5 Å². The Morgan fingerprint density at radius 3 is 2.76 bits per heavy atom. The first-order valence-electron chi connectivity index (χ1n) is 8.20. The lowest BCUT2D eigenvalue weighted by atomic mass is 10.1. The second-order valence-electron chi connectivity index (χ2n) is 6.28. The van der Waals surface area contributed by atoms with Crippen LogP contribution in [0, 0.1) is 17.2 Å². The van der Waals surface area contributed by atoms with Gasteiger partial charge in [0.2, 0.25) is 10.0 Å². The largest absolute Gasteiger partial charge is 0.364 e. The molecular formula is C18H20N4O2S. The number of nitriles is 1. The van der Waals surface area contributed by atoms with Crippen molar-refractivity contribution in [1.29, 1.82) is 5.26 Å². The Balaban J connectivity index is 1.66. The molecule has 0 saturated heterocycles. The van der Waals surface area contributed by atoms with E-state index < -0.39 is 10.0 Å². The average Bonchev–Trinajstić information content (AvgIpc) is 3.45. The maximum atomic E-state index is 12.2. The zero-order chi connectivity index (χ0) is 17.9. The van der Waals surface area contributed by atoms with Crippen LogP contribution in [0.4, 0.5) is 5.82 Å². The third kappa shape index (κ3) is 4.56. The van der Waals surface area contributed by atoms with Gasteiger partial charge < -0.3 is 5.32 Å². The summed E-state index contributed by atoms with van der Waals surface area (Å²) < 4.78 is 27.0. The van der Waals surface area contributed by atoms with Crippen LogP contribution in [0.5, 0.6) is 0 Å². The predicted molar refractivity (Wildman–Crippen MR) is 95.3 cm³/mol. The standard InChI is InChI=1S/C18H20N4O2S/c1-13(16-4-2-3-15(9-16)10-19)22-18-8-7-17(12-20-18)25(23,24)21-11-14-5-6-14/h2-4,7-9,12-14,21H,5-6,11H2,1H3,(H,20,22). The van der Waals surface area contributed by atoms with Crippen LogP contribution in [0.1, 0.15) is 36.9 Å². The smallest absolute Gasteiger partial charge is 0.242 e. The van der Waals surface area contributed by atoms with E-state index in [9.17, 15) is 8.42 Å². The van der Waals surface area contributed by atoms with Gasteiger partial charge in [-0.25, -0.2) is 18.1 Å². The lowest BCUT2D eigenvalue weighted by Crippen LogP contribution is -2.26. The third-order valence-electron chi connectivity index (χ3n) is 4.19. The number of hydrogen-bond donors (Lipinski definition) is 2. The molecule has 1 fully saturated rings. The van der Waals surface area contributed by atoms with Crippen LogP contribution in [0.25, 0.3) is 0 Å². The Morgan fingerprint density at radius 1 is 1.32 bits per heavy atom. The molecule has 2 N–H and O–H groups in total. The Hall–Kier alpha value is -2.43. The first-order valence-corrected chi connectivity index (χ1v) is 9.68. The van der Waals surface area contributed by atoms with Crippen LogP contribution in [0.15, 0.2) is 47.5 Å². The van der Waals surface area contributed by atoms with E-state index >= 15 is 0 Å². The van der Waals surface area contributed by atoms with Crippen molar-refractivity contribution in [3.8, 4) is 6.07 Å². The van der Waals surface area contributed by atoms with Crippen molar-refractivity contribution >= 4 is 15.8 Å². The summed E-state index contributed by atoms with van der Waals surface area (Å²) >= 11 is 0. The van der Waals surface area contributed by atoms with Crippen LogP contribution in [-0.4, -0.2) is 19.9 Å². The van der Waals surface area contributed by atoms with E-state index in [0.717, 1.165) is 18.4 Å². The topological polar surface area (TPSA) is 94.9 Å². The number of benzene rings is 1. The quantitative estimate of drug-likeness (QED) is 0.795. The van der Waals surface area contributed by atoms with Crippen molar-refractivity contribution < 1.29 is 8.42 Å². The summed E-state index contributed by atoms with van der Waals surface area (Å²) in [5, 5.41) is 12.2. The minimum atomic E-state index is -3.50. The third-order valence-corrected chi connectivity index (χ3v) is 5.59. The number of pyridine rings is 1. The number of rotatable bonds is 7. The number of anilines is 1. The summed E-state index contributed by atoms with van der Waals surface area (Å²) in [6, 6.07) is 12.6. The predicted octanol–water partition coefficient (Wildman–Crippen LogP) is 2.81. The molecule has 0 bridgehead atoms. The lowest BCUT2D eigenvalue weighted by Gasteiger charge is -2.15. The molecule has 7 heteroatoms. The molecule has 1 unspecified atom stereocenters.